The zero-order chi connectivity index (χ0) is 15.6. The van der Waals surface area contributed by atoms with E-state index in [4.69, 9.17) is 4.42 Å². The Bertz CT molecular complexity index is 941. The van der Waals surface area contributed by atoms with Crippen molar-refractivity contribution in [3.05, 3.63) is 71.4 Å². The van der Waals surface area contributed by atoms with Crippen molar-refractivity contribution >= 4 is 27.8 Å². The van der Waals surface area contributed by atoms with Gasteiger partial charge >= 0.3 is 0 Å². The van der Waals surface area contributed by atoms with Crippen molar-refractivity contribution in [3.8, 4) is 10.8 Å². The van der Waals surface area contributed by atoms with E-state index < -0.39 is 0 Å². The summed E-state index contributed by atoms with van der Waals surface area (Å²) >= 11 is 1.64. The van der Waals surface area contributed by atoms with Gasteiger partial charge in [0.25, 0.3) is 0 Å². The molecule has 114 valence electrons. The third-order valence-electron chi connectivity index (χ3n) is 3.83. The Hall–Kier alpha value is -2.59. The van der Waals surface area contributed by atoms with Crippen molar-refractivity contribution in [2.75, 3.05) is 5.32 Å². The number of aryl methyl sites for hydroxylation is 1. The van der Waals surface area contributed by atoms with Crippen LogP contribution in [0, 0.1) is 6.92 Å². The maximum absolute atomic E-state index is 5.78. The average Bonchev–Trinajstić information content (AvgIpc) is 3.22. The number of fused-ring (bicyclic) bond motifs is 1. The van der Waals surface area contributed by atoms with Crippen molar-refractivity contribution in [1.29, 1.82) is 0 Å². The van der Waals surface area contributed by atoms with Crippen LogP contribution in [-0.4, -0.2) is 4.98 Å². The van der Waals surface area contributed by atoms with Crippen LogP contribution < -0.4 is 5.32 Å². The van der Waals surface area contributed by atoms with E-state index in [-0.39, 0.29) is 0 Å². The topological polar surface area (TPSA) is 38.1 Å². The lowest BCUT2D eigenvalue weighted by Crippen LogP contribution is -2.01. The zero-order valence-electron chi connectivity index (χ0n) is 12.7. The van der Waals surface area contributed by atoms with Gasteiger partial charge in [-0.25, -0.2) is 4.98 Å². The van der Waals surface area contributed by atoms with Crippen LogP contribution in [0.4, 0.5) is 5.69 Å². The standard InChI is InChI=1S/C19H16N2OS/c1-13-17(21-19(22-13)18-7-4-10-23-18)12-20-16-9-8-14-5-2-3-6-15(14)11-16/h2-11,20H,12H2,1H3. The highest BCUT2D eigenvalue weighted by Crippen LogP contribution is 2.26. The van der Waals surface area contributed by atoms with E-state index in [1.807, 2.05) is 24.4 Å². The number of oxazole rings is 1. The van der Waals surface area contributed by atoms with Crippen LogP contribution in [0.5, 0.6) is 0 Å². The van der Waals surface area contributed by atoms with Crippen molar-refractivity contribution < 1.29 is 4.42 Å². The van der Waals surface area contributed by atoms with Gasteiger partial charge in [0, 0.05) is 5.69 Å². The average molecular weight is 320 g/mol. The Kier molecular flexibility index (Phi) is 3.60. The Labute approximate surface area is 138 Å². The van der Waals surface area contributed by atoms with Gasteiger partial charge in [0.2, 0.25) is 5.89 Å². The molecule has 0 bridgehead atoms. The Morgan fingerprint density at radius 1 is 1.04 bits per heavy atom. The van der Waals surface area contributed by atoms with Gasteiger partial charge in [0.05, 0.1) is 11.4 Å². The summed E-state index contributed by atoms with van der Waals surface area (Å²) in [6, 6.07) is 18.8. The highest BCUT2D eigenvalue weighted by molar-refractivity contribution is 7.13. The molecule has 23 heavy (non-hydrogen) atoms. The SMILES string of the molecule is Cc1oc(-c2cccs2)nc1CNc1ccc2ccccc2c1. The summed E-state index contributed by atoms with van der Waals surface area (Å²) in [6.07, 6.45) is 0. The fourth-order valence-electron chi connectivity index (χ4n) is 2.58. The highest BCUT2D eigenvalue weighted by Gasteiger charge is 2.11. The molecule has 4 aromatic rings. The maximum atomic E-state index is 5.78. The lowest BCUT2D eigenvalue weighted by molar-refractivity contribution is 0.541. The molecule has 3 nitrogen and oxygen atoms in total. The van der Waals surface area contributed by atoms with Gasteiger partial charge < -0.3 is 9.73 Å². The minimum absolute atomic E-state index is 0.652. The molecular weight excluding hydrogens is 304 g/mol. The summed E-state index contributed by atoms with van der Waals surface area (Å²) in [6.45, 7) is 2.61. The van der Waals surface area contributed by atoms with Crippen molar-refractivity contribution in [2.24, 2.45) is 0 Å². The van der Waals surface area contributed by atoms with E-state index in [9.17, 15) is 0 Å². The molecular formula is C19H16N2OS. The molecule has 4 heteroatoms. The molecule has 0 fully saturated rings. The smallest absolute Gasteiger partial charge is 0.236 e. The summed E-state index contributed by atoms with van der Waals surface area (Å²) in [4.78, 5) is 5.67. The lowest BCUT2D eigenvalue weighted by Gasteiger charge is -2.06. The number of anilines is 1. The van der Waals surface area contributed by atoms with Gasteiger partial charge in [0.15, 0.2) is 0 Å². The fourth-order valence-corrected chi connectivity index (χ4v) is 3.23. The second kappa shape index (κ2) is 5.89. The minimum Gasteiger partial charge on any atom is -0.440 e. The molecule has 0 aliphatic rings. The molecule has 0 saturated carbocycles. The number of hydrogen-bond donors (Lipinski definition) is 1. The largest absolute Gasteiger partial charge is 0.440 e. The van der Waals surface area contributed by atoms with E-state index in [2.05, 4.69) is 52.8 Å². The molecule has 0 saturated heterocycles. The number of thiophene rings is 1. The maximum Gasteiger partial charge on any atom is 0.236 e. The molecule has 1 N–H and O–H groups in total. The van der Waals surface area contributed by atoms with E-state index in [0.29, 0.717) is 12.4 Å². The van der Waals surface area contributed by atoms with Crippen LogP contribution in [0.15, 0.2) is 64.4 Å². The van der Waals surface area contributed by atoms with Crippen LogP contribution in [0.25, 0.3) is 21.5 Å². The van der Waals surface area contributed by atoms with Gasteiger partial charge in [-0.3, -0.25) is 0 Å². The summed E-state index contributed by atoms with van der Waals surface area (Å²) in [5, 5.41) is 7.94. The van der Waals surface area contributed by atoms with Crippen LogP contribution in [0.3, 0.4) is 0 Å². The number of nitrogens with one attached hydrogen (secondary N) is 1. The van der Waals surface area contributed by atoms with Crippen LogP contribution >= 0.6 is 11.3 Å². The van der Waals surface area contributed by atoms with Crippen molar-refractivity contribution in [1.82, 2.24) is 4.98 Å². The zero-order valence-corrected chi connectivity index (χ0v) is 13.6. The summed E-state index contributed by atoms with van der Waals surface area (Å²) in [5.74, 6) is 1.56. The normalized spacial score (nSPS) is 11.0. The third kappa shape index (κ3) is 2.85. The first-order valence-corrected chi connectivity index (χ1v) is 8.40. The molecule has 0 unspecified atom stereocenters. The van der Waals surface area contributed by atoms with E-state index >= 15 is 0 Å². The van der Waals surface area contributed by atoms with Crippen LogP contribution in [0.1, 0.15) is 11.5 Å². The lowest BCUT2D eigenvalue weighted by atomic mass is 10.1. The molecule has 0 atom stereocenters. The fraction of sp³-hybridized carbons (Fsp3) is 0.105. The second-order valence-electron chi connectivity index (χ2n) is 5.41. The van der Waals surface area contributed by atoms with Crippen LogP contribution in [-0.2, 0) is 6.54 Å². The first-order chi connectivity index (χ1) is 11.3. The summed E-state index contributed by atoms with van der Waals surface area (Å²) in [5.41, 5.74) is 2.03. The summed E-state index contributed by atoms with van der Waals surface area (Å²) < 4.78 is 5.78. The molecule has 0 aliphatic heterocycles. The summed E-state index contributed by atoms with van der Waals surface area (Å²) in [7, 11) is 0. The third-order valence-corrected chi connectivity index (χ3v) is 4.69. The molecule has 2 heterocycles. The highest BCUT2D eigenvalue weighted by atomic mass is 32.1. The van der Waals surface area contributed by atoms with E-state index in [1.165, 1.54) is 10.8 Å². The minimum atomic E-state index is 0.652. The van der Waals surface area contributed by atoms with Gasteiger partial charge in [-0.15, -0.1) is 11.3 Å². The number of nitrogens with zero attached hydrogens (tertiary/aromatic N) is 1. The Morgan fingerprint density at radius 3 is 2.74 bits per heavy atom. The Morgan fingerprint density at radius 2 is 1.91 bits per heavy atom. The van der Waals surface area contributed by atoms with Crippen molar-refractivity contribution in [3.63, 3.8) is 0 Å². The predicted molar refractivity (Wildman–Crippen MR) is 95.8 cm³/mol. The van der Waals surface area contributed by atoms with E-state index in [0.717, 1.165) is 22.0 Å². The number of rotatable bonds is 4. The number of hydrogen-bond acceptors (Lipinski definition) is 4. The Balaban J connectivity index is 1.54. The molecule has 0 radical (unpaired) electrons. The first-order valence-electron chi connectivity index (χ1n) is 7.52. The van der Waals surface area contributed by atoms with Crippen molar-refractivity contribution in [2.45, 2.75) is 13.5 Å². The van der Waals surface area contributed by atoms with Gasteiger partial charge in [-0.05, 0) is 41.3 Å². The molecule has 0 amide bonds. The second-order valence-corrected chi connectivity index (χ2v) is 6.36. The predicted octanol–water partition coefficient (Wildman–Crippen LogP) is 5.48. The van der Waals surface area contributed by atoms with Gasteiger partial charge in [-0.2, -0.15) is 0 Å². The quantitative estimate of drug-likeness (QED) is 0.541. The van der Waals surface area contributed by atoms with Gasteiger partial charge in [-0.1, -0.05) is 36.4 Å². The molecule has 0 aliphatic carbocycles. The van der Waals surface area contributed by atoms with Gasteiger partial charge in [0.1, 0.15) is 11.5 Å². The molecule has 2 aromatic carbocycles. The first kappa shape index (κ1) is 14.0. The van der Waals surface area contributed by atoms with Crippen LogP contribution in [0.2, 0.25) is 0 Å². The van der Waals surface area contributed by atoms with E-state index in [1.54, 1.807) is 11.3 Å². The molecule has 2 aromatic heterocycles. The molecule has 0 spiro atoms. The number of benzene rings is 2. The molecule has 4 rings (SSSR count). The monoisotopic (exact) mass is 320 g/mol. The number of aromatic nitrogens is 1.